The van der Waals surface area contributed by atoms with Gasteiger partial charge < -0.3 is 10.0 Å². The fraction of sp³-hybridized carbons (Fsp3) is 0.385. The van der Waals surface area contributed by atoms with E-state index in [1.165, 1.54) is 17.9 Å². The minimum absolute atomic E-state index is 0.0123. The van der Waals surface area contributed by atoms with E-state index >= 15 is 0 Å². The normalized spacial score (nSPS) is 11.4. The summed E-state index contributed by atoms with van der Waals surface area (Å²) in [6, 6.07) is 6.70. The second kappa shape index (κ2) is 6.00. The van der Waals surface area contributed by atoms with Crippen LogP contribution in [0.25, 0.3) is 0 Å². The zero-order valence-electron chi connectivity index (χ0n) is 10.3. The van der Waals surface area contributed by atoms with E-state index in [1.807, 2.05) is 12.1 Å². The van der Waals surface area contributed by atoms with Gasteiger partial charge in [-0.05, 0) is 31.5 Å². The average Bonchev–Trinajstić information content (AvgIpc) is 2.31. The highest BCUT2D eigenvalue weighted by molar-refractivity contribution is 5.58. The fourth-order valence-corrected chi connectivity index (χ4v) is 1.69. The number of anilines is 1. The molecule has 0 fully saturated rings. The number of benzene rings is 1. The van der Waals surface area contributed by atoms with E-state index in [-0.39, 0.29) is 13.1 Å². The van der Waals surface area contributed by atoms with E-state index in [0.717, 1.165) is 0 Å². The Balaban J connectivity index is 3.32. The Labute approximate surface area is 105 Å². The molecule has 0 bridgehead atoms. The second-order valence-electron chi connectivity index (χ2n) is 4.01. The maximum absolute atomic E-state index is 13.5. The first-order valence-corrected chi connectivity index (χ1v) is 5.48. The topological polar surface area (TPSA) is 71.0 Å². The van der Waals surface area contributed by atoms with Crippen molar-refractivity contribution in [1.29, 1.82) is 10.5 Å². The molecule has 1 rings (SSSR count). The maximum Gasteiger partial charge on any atom is 0.126 e. The lowest BCUT2D eigenvalue weighted by molar-refractivity contribution is 0.199. The molecule has 0 radical (unpaired) electrons. The van der Waals surface area contributed by atoms with E-state index in [0.29, 0.717) is 16.8 Å². The second-order valence-corrected chi connectivity index (χ2v) is 4.01. The van der Waals surface area contributed by atoms with E-state index in [9.17, 15) is 9.50 Å². The van der Waals surface area contributed by atoms with Gasteiger partial charge in [0.2, 0.25) is 0 Å². The van der Waals surface area contributed by atoms with Crippen LogP contribution in [0.1, 0.15) is 24.2 Å². The summed E-state index contributed by atoms with van der Waals surface area (Å²) in [5.74, 6) is -0.413. The van der Waals surface area contributed by atoms with Crippen molar-refractivity contribution in [2.45, 2.75) is 20.0 Å². The lowest BCUT2D eigenvalue weighted by Crippen LogP contribution is -2.25. The van der Waals surface area contributed by atoms with Crippen LogP contribution in [-0.2, 0) is 0 Å². The average molecular weight is 247 g/mol. The van der Waals surface area contributed by atoms with Crippen molar-refractivity contribution in [3.8, 4) is 12.1 Å². The van der Waals surface area contributed by atoms with Crippen LogP contribution < -0.4 is 4.90 Å². The molecular formula is C13H14FN3O. The summed E-state index contributed by atoms with van der Waals surface area (Å²) in [6.45, 7) is 3.14. The van der Waals surface area contributed by atoms with Crippen LogP contribution in [0, 0.1) is 35.4 Å². The van der Waals surface area contributed by atoms with Gasteiger partial charge in [0.25, 0.3) is 0 Å². The minimum atomic E-state index is -0.866. The van der Waals surface area contributed by atoms with Gasteiger partial charge in [-0.3, -0.25) is 0 Å². The minimum Gasteiger partial charge on any atom is -0.389 e. The van der Waals surface area contributed by atoms with Crippen LogP contribution in [-0.4, -0.2) is 18.2 Å². The van der Waals surface area contributed by atoms with Crippen molar-refractivity contribution in [3.63, 3.8) is 0 Å². The molecule has 18 heavy (non-hydrogen) atoms. The molecule has 0 aromatic heterocycles. The number of aliphatic hydroxyl groups is 1. The molecule has 0 spiro atoms. The van der Waals surface area contributed by atoms with Gasteiger partial charge in [-0.25, -0.2) is 4.39 Å². The van der Waals surface area contributed by atoms with Crippen LogP contribution in [0.4, 0.5) is 10.1 Å². The molecule has 0 saturated carbocycles. The summed E-state index contributed by atoms with van der Waals surface area (Å²) in [4.78, 5) is 1.51. The van der Waals surface area contributed by atoms with Crippen molar-refractivity contribution in [2.75, 3.05) is 18.0 Å². The highest BCUT2D eigenvalue weighted by Crippen LogP contribution is 2.29. The zero-order valence-corrected chi connectivity index (χ0v) is 10.3. The first-order valence-electron chi connectivity index (χ1n) is 5.48. The predicted molar refractivity (Wildman–Crippen MR) is 65.2 cm³/mol. The fourth-order valence-electron chi connectivity index (χ4n) is 1.69. The summed E-state index contributed by atoms with van der Waals surface area (Å²) < 4.78 is 13.5. The Morgan fingerprint density at radius 3 is 2.33 bits per heavy atom. The van der Waals surface area contributed by atoms with Crippen molar-refractivity contribution in [1.82, 2.24) is 0 Å². The van der Waals surface area contributed by atoms with Crippen LogP contribution >= 0.6 is 0 Å². The molecule has 1 aromatic rings. The van der Waals surface area contributed by atoms with E-state index in [2.05, 4.69) is 0 Å². The predicted octanol–water partition coefficient (Wildman–Crippen LogP) is 2.04. The maximum atomic E-state index is 13.5. The standard InChI is InChI=1S/C13H14FN3O/c1-9-7-13(17(5-3-15)6-4-16)11(10(2)18)8-12(9)14/h7-8,10,18H,5-6H2,1-2H3. The highest BCUT2D eigenvalue weighted by Gasteiger charge is 2.16. The number of rotatable bonds is 4. The van der Waals surface area contributed by atoms with Gasteiger partial charge in [0, 0.05) is 11.3 Å². The molecule has 4 nitrogen and oxygen atoms in total. The first-order chi connectivity index (χ1) is 8.51. The Kier molecular flexibility index (Phi) is 4.65. The van der Waals surface area contributed by atoms with E-state index in [4.69, 9.17) is 10.5 Å². The first kappa shape index (κ1) is 14.0. The molecule has 94 valence electrons. The summed E-state index contributed by atoms with van der Waals surface area (Å²) in [5.41, 5.74) is 1.31. The van der Waals surface area contributed by atoms with Gasteiger partial charge in [0.05, 0.1) is 18.2 Å². The number of nitrogens with zero attached hydrogens (tertiary/aromatic N) is 3. The molecule has 5 heteroatoms. The number of nitriles is 2. The number of halogens is 1. The van der Waals surface area contributed by atoms with Crippen molar-refractivity contribution in [2.24, 2.45) is 0 Å². The number of aliphatic hydroxyl groups excluding tert-OH is 1. The van der Waals surface area contributed by atoms with Crippen molar-refractivity contribution in [3.05, 3.63) is 29.1 Å². The van der Waals surface area contributed by atoms with E-state index < -0.39 is 11.9 Å². The summed E-state index contributed by atoms with van der Waals surface area (Å²) >= 11 is 0. The highest BCUT2D eigenvalue weighted by atomic mass is 19.1. The molecule has 1 unspecified atom stereocenters. The van der Waals surface area contributed by atoms with Crippen molar-refractivity contribution >= 4 is 5.69 Å². The smallest absolute Gasteiger partial charge is 0.126 e. The quantitative estimate of drug-likeness (QED) is 0.826. The number of hydrogen-bond donors (Lipinski definition) is 1. The molecule has 1 N–H and O–H groups in total. The molecule has 0 aliphatic rings. The van der Waals surface area contributed by atoms with Gasteiger partial charge in [0.1, 0.15) is 18.9 Å². The van der Waals surface area contributed by atoms with Crippen molar-refractivity contribution < 1.29 is 9.50 Å². The van der Waals surface area contributed by atoms with Crippen LogP contribution in [0.5, 0.6) is 0 Å². The van der Waals surface area contributed by atoms with Gasteiger partial charge in [-0.15, -0.1) is 0 Å². The number of aryl methyl sites for hydroxylation is 1. The Morgan fingerprint density at radius 2 is 1.89 bits per heavy atom. The Bertz CT molecular complexity index is 498. The molecular weight excluding hydrogens is 233 g/mol. The molecule has 0 amide bonds. The van der Waals surface area contributed by atoms with Gasteiger partial charge >= 0.3 is 0 Å². The molecule has 0 saturated heterocycles. The van der Waals surface area contributed by atoms with Crippen LogP contribution in [0.2, 0.25) is 0 Å². The largest absolute Gasteiger partial charge is 0.389 e. The van der Waals surface area contributed by atoms with Gasteiger partial charge in [0.15, 0.2) is 0 Å². The van der Waals surface area contributed by atoms with E-state index in [1.54, 1.807) is 13.0 Å². The molecule has 1 aromatic carbocycles. The zero-order chi connectivity index (χ0) is 13.7. The lowest BCUT2D eigenvalue weighted by Gasteiger charge is -2.23. The third kappa shape index (κ3) is 2.97. The molecule has 0 aliphatic heterocycles. The summed E-state index contributed by atoms with van der Waals surface area (Å²) in [7, 11) is 0. The van der Waals surface area contributed by atoms with Gasteiger partial charge in [-0.2, -0.15) is 10.5 Å². The molecule has 1 atom stereocenters. The SMILES string of the molecule is Cc1cc(N(CC#N)CC#N)c(C(C)O)cc1F. The number of hydrogen-bond acceptors (Lipinski definition) is 4. The summed E-state index contributed by atoms with van der Waals surface area (Å²) in [6.07, 6.45) is -0.866. The lowest BCUT2D eigenvalue weighted by atomic mass is 10.0. The third-order valence-corrected chi connectivity index (χ3v) is 2.62. The van der Waals surface area contributed by atoms with Crippen LogP contribution in [0.15, 0.2) is 12.1 Å². The molecule has 0 heterocycles. The Morgan fingerprint density at radius 1 is 1.33 bits per heavy atom. The third-order valence-electron chi connectivity index (χ3n) is 2.62. The van der Waals surface area contributed by atoms with Crippen LogP contribution in [0.3, 0.4) is 0 Å². The monoisotopic (exact) mass is 247 g/mol. The van der Waals surface area contributed by atoms with Gasteiger partial charge in [-0.1, -0.05) is 0 Å². The Hall–Kier alpha value is -2.11. The summed E-state index contributed by atoms with van der Waals surface area (Å²) in [5, 5.41) is 27.1. The molecule has 0 aliphatic carbocycles.